The van der Waals surface area contributed by atoms with Crippen molar-refractivity contribution >= 4 is 22.6 Å². The zero-order chi connectivity index (χ0) is 26.3. The number of amides is 1. The summed E-state index contributed by atoms with van der Waals surface area (Å²) in [4.78, 5) is 22.6. The van der Waals surface area contributed by atoms with Gasteiger partial charge < -0.3 is 24.4 Å². The van der Waals surface area contributed by atoms with E-state index >= 15 is 0 Å². The minimum absolute atomic E-state index is 0.0151. The maximum absolute atomic E-state index is 14.8. The molecule has 2 aliphatic rings. The Morgan fingerprint density at radius 3 is 2.62 bits per heavy atom. The number of anilines is 1. The van der Waals surface area contributed by atoms with Crippen LogP contribution in [-0.4, -0.2) is 53.2 Å². The molecule has 0 bridgehead atoms. The van der Waals surface area contributed by atoms with Gasteiger partial charge in [0.2, 0.25) is 11.7 Å². The van der Waals surface area contributed by atoms with E-state index in [1.807, 2.05) is 0 Å². The molecule has 2 atom stereocenters. The van der Waals surface area contributed by atoms with Crippen molar-refractivity contribution < 1.29 is 32.2 Å². The summed E-state index contributed by atoms with van der Waals surface area (Å²) in [5.74, 6) is 1.09. The molecule has 3 heterocycles. The number of aryl methyl sites for hydroxylation is 1. The number of rotatable bonds is 6. The van der Waals surface area contributed by atoms with Gasteiger partial charge in [0.15, 0.2) is 11.5 Å². The van der Waals surface area contributed by atoms with E-state index in [1.165, 1.54) is 19.1 Å². The van der Waals surface area contributed by atoms with Crippen molar-refractivity contribution in [3.05, 3.63) is 47.0 Å². The van der Waals surface area contributed by atoms with Crippen LogP contribution in [0.25, 0.3) is 10.9 Å². The maximum atomic E-state index is 14.8. The Bertz CT molecular complexity index is 1350. The molecule has 0 saturated carbocycles. The van der Waals surface area contributed by atoms with Gasteiger partial charge in [-0.3, -0.25) is 4.79 Å². The lowest BCUT2D eigenvalue weighted by molar-refractivity contribution is -0.128. The van der Waals surface area contributed by atoms with Crippen LogP contribution in [0.3, 0.4) is 0 Å². The Hall–Kier alpha value is -3.76. The van der Waals surface area contributed by atoms with Crippen LogP contribution in [0.4, 0.5) is 19.0 Å². The molecule has 11 heteroatoms. The molecule has 8 nitrogen and oxygen atoms in total. The number of hydrogen-bond acceptors (Lipinski definition) is 7. The van der Waals surface area contributed by atoms with Crippen molar-refractivity contribution in [2.24, 2.45) is 0 Å². The molecule has 2 aromatic carbocycles. The number of halogens is 3. The first-order valence-electron chi connectivity index (χ1n) is 12.1. The van der Waals surface area contributed by atoms with Crippen molar-refractivity contribution in [1.82, 2.24) is 14.9 Å². The molecular weight excluding hydrogens is 489 g/mol. The van der Waals surface area contributed by atoms with Gasteiger partial charge in [-0.2, -0.15) is 0 Å². The number of likely N-dealkylation sites (tertiary alicyclic amines) is 1. The van der Waals surface area contributed by atoms with Crippen LogP contribution in [0.1, 0.15) is 49.7 Å². The van der Waals surface area contributed by atoms with E-state index in [-0.39, 0.29) is 17.6 Å². The Kier molecular flexibility index (Phi) is 6.70. The van der Waals surface area contributed by atoms with Gasteiger partial charge in [0.1, 0.15) is 42.3 Å². The summed E-state index contributed by atoms with van der Waals surface area (Å²) in [5.41, 5.74) is -0.0734. The zero-order valence-electron chi connectivity index (χ0n) is 20.7. The second kappa shape index (κ2) is 9.95. The van der Waals surface area contributed by atoms with Crippen LogP contribution in [0.5, 0.6) is 17.2 Å². The van der Waals surface area contributed by atoms with Gasteiger partial charge in [0, 0.05) is 25.5 Å². The molecule has 0 unspecified atom stereocenters. The second-order valence-electron chi connectivity index (χ2n) is 9.16. The van der Waals surface area contributed by atoms with Crippen LogP contribution in [0.2, 0.25) is 0 Å². The third-order valence-electron chi connectivity index (χ3n) is 6.55. The average Bonchev–Trinajstić information content (AvgIpc) is 3.33. The number of nitrogens with one attached hydrogen (secondary N) is 1. The topological polar surface area (TPSA) is 85.8 Å². The largest absolute Gasteiger partial charge is 0.484 e. The summed E-state index contributed by atoms with van der Waals surface area (Å²) in [7, 11) is 0. The smallest absolute Gasteiger partial charge is 0.266 e. The third-order valence-corrected chi connectivity index (χ3v) is 6.55. The fourth-order valence-corrected chi connectivity index (χ4v) is 4.71. The van der Waals surface area contributed by atoms with Gasteiger partial charge in [-0.25, -0.2) is 23.1 Å². The first kappa shape index (κ1) is 24.9. The zero-order valence-corrected chi connectivity index (χ0v) is 20.7. The van der Waals surface area contributed by atoms with Gasteiger partial charge in [-0.15, -0.1) is 0 Å². The maximum Gasteiger partial charge on any atom is 0.266 e. The predicted molar refractivity (Wildman–Crippen MR) is 130 cm³/mol. The molecule has 0 radical (unpaired) electrons. The summed E-state index contributed by atoms with van der Waals surface area (Å²) in [5, 5.41) is 3.70. The molecule has 0 aliphatic carbocycles. The van der Waals surface area contributed by atoms with Crippen molar-refractivity contribution in [3.8, 4) is 17.2 Å². The van der Waals surface area contributed by atoms with Gasteiger partial charge in [0.05, 0.1) is 23.5 Å². The quantitative estimate of drug-likeness (QED) is 0.496. The fraction of sp³-hybridized carbons (Fsp3) is 0.423. The number of alkyl halides is 2. The Balaban J connectivity index is 1.54. The molecule has 37 heavy (non-hydrogen) atoms. The normalized spacial score (nSPS) is 17.8. The van der Waals surface area contributed by atoms with Crippen molar-refractivity contribution in [2.45, 2.75) is 45.8 Å². The highest BCUT2D eigenvalue weighted by atomic mass is 19.3. The Labute approximate surface area is 211 Å². The highest BCUT2D eigenvalue weighted by Gasteiger charge is 2.30. The molecular formula is C26H27F3N4O4. The van der Waals surface area contributed by atoms with Crippen LogP contribution in [0.15, 0.2) is 24.3 Å². The number of fused-ring (bicyclic) bond motifs is 3. The standard InChI is InChI=1S/C26H27F3N4O4/c1-13(17-5-4-6-18(21(17)27)25(28)29)30-26-19-11-20(37-16-7-8-33(12-16)15(3)34)23-24(36-10-9-35-23)22(19)31-14(2)32-26/h4-6,11,13,16,25H,7-10,12H2,1-3H3,(H,30,31,32)/t13-,16+/m1/s1. The Morgan fingerprint density at radius 2 is 1.92 bits per heavy atom. The summed E-state index contributed by atoms with van der Waals surface area (Å²) in [6.45, 7) is 6.62. The van der Waals surface area contributed by atoms with Gasteiger partial charge >= 0.3 is 0 Å². The van der Waals surface area contributed by atoms with Crippen LogP contribution in [0, 0.1) is 12.7 Å². The fourth-order valence-electron chi connectivity index (χ4n) is 4.71. The summed E-state index contributed by atoms with van der Waals surface area (Å²) in [6.07, 6.45) is -2.49. The number of carbonyl (C=O) groups excluding carboxylic acids is 1. The molecule has 0 spiro atoms. The predicted octanol–water partition coefficient (Wildman–Crippen LogP) is 4.96. The average molecular weight is 517 g/mol. The van der Waals surface area contributed by atoms with E-state index in [1.54, 1.807) is 24.8 Å². The summed E-state index contributed by atoms with van der Waals surface area (Å²) in [6, 6.07) is 4.99. The van der Waals surface area contributed by atoms with E-state index < -0.39 is 23.8 Å². The van der Waals surface area contributed by atoms with Crippen molar-refractivity contribution in [1.29, 1.82) is 0 Å². The minimum Gasteiger partial charge on any atom is -0.484 e. The van der Waals surface area contributed by atoms with Gasteiger partial charge in [-0.05, 0) is 19.9 Å². The third kappa shape index (κ3) is 4.82. The van der Waals surface area contributed by atoms with Crippen LogP contribution < -0.4 is 19.5 Å². The number of nitrogens with zero attached hydrogens (tertiary/aromatic N) is 3. The van der Waals surface area contributed by atoms with E-state index in [2.05, 4.69) is 15.3 Å². The summed E-state index contributed by atoms with van der Waals surface area (Å²) >= 11 is 0. The highest BCUT2D eigenvalue weighted by Crippen LogP contribution is 2.47. The first-order chi connectivity index (χ1) is 17.7. The molecule has 196 valence electrons. The molecule has 1 N–H and O–H groups in total. The summed E-state index contributed by atoms with van der Waals surface area (Å²) < 4.78 is 59.5. The van der Waals surface area contributed by atoms with E-state index in [4.69, 9.17) is 14.2 Å². The molecule has 1 amide bonds. The lowest BCUT2D eigenvalue weighted by Crippen LogP contribution is -2.29. The number of carbonyl (C=O) groups is 1. The molecule has 1 aromatic heterocycles. The number of hydrogen-bond donors (Lipinski definition) is 1. The second-order valence-corrected chi connectivity index (χ2v) is 9.16. The molecule has 3 aromatic rings. The van der Waals surface area contributed by atoms with E-state index in [0.717, 1.165) is 6.07 Å². The SMILES string of the molecule is CC(=O)N1CC[C@H](Oc2cc3c(N[C@H](C)c4cccc(C(F)F)c4F)nc(C)nc3c3c2OCCO3)C1. The van der Waals surface area contributed by atoms with Gasteiger partial charge in [0.25, 0.3) is 6.43 Å². The first-order valence-corrected chi connectivity index (χ1v) is 12.1. The minimum atomic E-state index is -2.92. The number of ether oxygens (including phenoxy) is 3. The van der Waals surface area contributed by atoms with E-state index in [0.29, 0.717) is 72.5 Å². The van der Waals surface area contributed by atoms with Crippen LogP contribution >= 0.6 is 0 Å². The highest BCUT2D eigenvalue weighted by molar-refractivity contribution is 5.97. The number of benzene rings is 2. The number of aromatic nitrogens is 2. The lowest BCUT2D eigenvalue weighted by atomic mass is 10.0. The molecule has 1 fully saturated rings. The molecule has 2 aliphatic heterocycles. The van der Waals surface area contributed by atoms with Crippen molar-refractivity contribution in [2.75, 3.05) is 31.6 Å². The lowest BCUT2D eigenvalue weighted by Gasteiger charge is -2.25. The van der Waals surface area contributed by atoms with E-state index in [9.17, 15) is 18.0 Å². The monoisotopic (exact) mass is 516 g/mol. The molecule has 5 rings (SSSR count). The Morgan fingerprint density at radius 1 is 1.19 bits per heavy atom. The molecule has 1 saturated heterocycles. The van der Waals surface area contributed by atoms with Gasteiger partial charge in [-0.1, -0.05) is 18.2 Å². The van der Waals surface area contributed by atoms with Crippen LogP contribution in [-0.2, 0) is 4.79 Å². The van der Waals surface area contributed by atoms with Crippen molar-refractivity contribution in [3.63, 3.8) is 0 Å².